The molecule has 1 rings (SSSR count). The summed E-state index contributed by atoms with van der Waals surface area (Å²) in [5.41, 5.74) is 7.29. The SMILES string of the molecule is Cc1ccc(S(=O)(=O)N=[N+]=N)cc1. The number of sulfonamides is 1. The van der Waals surface area contributed by atoms with Gasteiger partial charge in [-0.05, 0) is 19.1 Å². The third-order valence-corrected chi connectivity index (χ3v) is 2.63. The van der Waals surface area contributed by atoms with Crippen LogP contribution in [0, 0.1) is 12.5 Å². The topological polar surface area (TPSA) is 84.5 Å². The van der Waals surface area contributed by atoms with E-state index in [2.05, 4.69) is 9.43 Å². The molecule has 1 aromatic rings. The molecule has 0 unspecified atom stereocenters. The van der Waals surface area contributed by atoms with Crippen molar-refractivity contribution >= 4 is 10.0 Å². The number of benzene rings is 1. The Labute approximate surface area is 75.7 Å². The van der Waals surface area contributed by atoms with E-state index < -0.39 is 10.0 Å². The van der Waals surface area contributed by atoms with Crippen LogP contribution in [0.15, 0.2) is 33.7 Å². The highest BCUT2D eigenvalue weighted by Gasteiger charge is 2.17. The number of nitrogens with zero attached hydrogens (tertiary/aromatic N) is 2. The zero-order valence-corrected chi connectivity index (χ0v) is 7.75. The van der Waals surface area contributed by atoms with Gasteiger partial charge in [-0.3, -0.25) is 0 Å². The van der Waals surface area contributed by atoms with Gasteiger partial charge in [-0.15, -0.1) is 0 Å². The summed E-state index contributed by atoms with van der Waals surface area (Å²) in [4.78, 5) is 2.54. The summed E-state index contributed by atoms with van der Waals surface area (Å²) in [6.45, 7) is 1.85. The van der Waals surface area contributed by atoms with Crippen LogP contribution in [0.4, 0.5) is 0 Å². The summed E-state index contributed by atoms with van der Waals surface area (Å²) in [7, 11) is -3.76. The smallest absolute Gasteiger partial charge is 0.193 e. The fourth-order valence-corrected chi connectivity index (χ4v) is 1.49. The van der Waals surface area contributed by atoms with Gasteiger partial charge in [-0.2, -0.15) is 8.42 Å². The summed E-state index contributed by atoms with van der Waals surface area (Å²) in [6.07, 6.45) is 0. The first-order valence-corrected chi connectivity index (χ1v) is 4.91. The molecule has 6 heteroatoms. The van der Waals surface area contributed by atoms with E-state index >= 15 is 0 Å². The van der Waals surface area contributed by atoms with Gasteiger partial charge in [0.15, 0.2) is 0 Å². The normalized spacial score (nSPS) is 10.5. The first-order valence-electron chi connectivity index (χ1n) is 3.47. The van der Waals surface area contributed by atoms with Crippen molar-refractivity contribution in [3.05, 3.63) is 29.8 Å². The predicted octanol–water partition coefficient (Wildman–Crippen LogP) is 1.23. The van der Waals surface area contributed by atoms with Gasteiger partial charge in [0.25, 0.3) is 4.52 Å². The van der Waals surface area contributed by atoms with Gasteiger partial charge in [0.05, 0.1) is 4.90 Å². The molecule has 5 nitrogen and oxygen atoms in total. The lowest BCUT2D eigenvalue weighted by Crippen LogP contribution is -1.96. The fourth-order valence-electron chi connectivity index (χ4n) is 0.811. The van der Waals surface area contributed by atoms with E-state index in [-0.39, 0.29) is 4.90 Å². The van der Waals surface area contributed by atoms with E-state index in [0.717, 1.165) is 5.56 Å². The molecular formula is C7H8N3O2S+. The maximum absolute atomic E-state index is 11.2. The van der Waals surface area contributed by atoms with Gasteiger partial charge in [0.2, 0.25) is 4.91 Å². The highest BCUT2D eigenvalue weighted by Crippen LogP contribution is 2.11. The summed E-state index contributed by atoms with van der Waals surface area (Å²) in [5.74, 6) is 0. The van der Waals surface area contributed by atoms with Crippen molar-refractivity contribution in [3.63, 3.8) is 0 Å². The van der Waals surface area contributed by atoms with Crippen LogP contribution in [0.3, 0.4) is 0 Å². The lowest BCUT2D eigenvalue weighted by atomic mass is 10.2. The zero-order valence-electron chi connectivity index (χ0n) is 6.93. The molecule has 0 saturated carbocycles. The standard InChI is InChI=1S/C7H8N3O2S/c1-6-2-4-7(5-3-6)13(11,12)10-9-8/h2-5,8H,1H3/q+1. The van der Waals surface area contributed by atoms with Crippen molar-refractivity contribution < 1.29 is 8.42 Å². The Hall–Kier alpha value is -1.52. The lowest BCUT2D eigenvalue weighted by Gasteiger charge is -1.93. The first kappa shape index (κ1) is 9.57. The van der Waals surface area contributed by atoms with Crippen molar-refractivity contribution in [2.24, 2.45) is 4.52 Å². The molecule has 0 fully saturated rings. The maximum Gasteiger partial charge on any atom is 0.355 e. The van der Waals surface area contributed by atoms with Crippen molar-refractivity contribution in [1.82, 2.24) is 4.91 Å². The number of rotatable bonds is 2. The summed E-state index contributed by atoms with van der Waals surface area (Å²) in [5, 5.41) is 0. The third-order valence-electron chi connectivity index (χ3n) is 1.47. The van der Waals surface area contributed by atoms with Crippen LogP contribution in [-0.2, 0) is 10.0 Å². The first-order chi connectivity index (χ1) is 6.06. The van der Waals surface area contributed by atoms with Crippen molar-refractivity contribution in [2.75, 3.05) is 0 Å². The van der Waals surface area contributed by atoms with Gasteiger partial charge in [0.1, 0.15) is 5.53 Å². The van der Waals surface area contributed by atoms with Crippen LogP contribution >= 0.6 is 0 Å². The van der Waals surface area contributed by atoms with E-state index in [1.54, 1.807) is 12.1 Å². The molecule has 0 amide bonds. The third kappa shape index (κ3) is 2.21. The largest absolute Gasteiger partial charge is 0.355 e. The Morgan fingerprint density at radius 3 is 2.31 bits per heavy atom. The summed E-state index contributed by atoms with van der Waals surface area (Å²) in [6, 6.07) is 6.18. The van der Waals surface area contributed by atoms with Crippen LogP contribution in [0.5, 0.6) is 0 Å². The minimum Gasteiger partial charge on any atom is -0.193 e. The quantitative estimate of drug-likeness (QED) is 0.572. The fraction of sp³-hybridized carbons (Fsp3) is 0.143. The van der Waals surface area contributed by atoms with Crippen molar-refractivity contribution in [3.8, 4) is 0 Å². The molecule has 1 aromatic carbocycles. The Bertz CT molecular complexity index is 443. The van der Waals surface area contributed by atoms with E-state index in [1.807, 2.05) is 6.92 Å². The molecule has 0 aliphatic rings. The Morgan fingerprint density at radius 2 is 1.85 bits per heavy atom. The Morgan fingerprint density at radius 1 is 1.31 bits per heavy atom. The minimum absolute atomic E-state index is 0.0501. The molecule has 0 aliphatic heterocycles. The molecule has 0 spiro atoms. The molecule has 13 heavy (non-hydrogen) atoms. The van der Waals surface area contributed by atoms with Crippen LogP contribution in [0.25, 0.3) is 0 Å². The van der Waals surface area contributed by atoms with Gasteiger partial charge >= 0.3 is 10.0 Å². The molecule has 0 aliphatic carbocycles. The highest BCUT2D eigenvalue weighted by atomic mass is 32.2. The van der Waals surface area contributed by atoms with Gasteiger partial charge in [-0.25, -0.2) is 0 Å². The molecule has 0 atom stereocenters. The second kappa shape index (κ2) is 3.47. The molecule has 0 aromatic heterocycles. The Balaban J connectivity index is 3.24. The zero-order chi connectivity index (χ0) is 9.90. The Kier molecular flexibility index (Phi) is 2.55. The molecule has 0 heterocycles. The monoisotopic (exact) mass is 198 g/mol. The minimum atomic E-state index is -3.76. The molecular weight excluding hydrogens is 190 g/mol. The molecule has 1 N–H and O–H groups in total. The second-order valence-electron chi connectivity index (χ2n) is 2.47. The second-order valence-corrected chi connectivity index (χ2v) is 4.05. The predicted molar refractivity (Wildman–Crippen MR) is 45.6 cm³/mol. The maximum atomic E-state index is 11.2. The van der Waals surface area contributed by atoms with E-state index in [1.165, 1.54) is 12.1 Å². The van der Waals surface area contributed by atoms with Crippen LogP contribution in [-0.4, -0.2) is 8.42 Å². The summed E-state index contributed by atoms with van der Waals surface area (Å²) >= 11 is 0. The van der Waals surface area contributed by atoms with Gasteiger partial charge in [-0.1, -0.05) is 17.7 Å². The molecule has 0 saturated heterocycles. The average Bonchev–Trinajstić information content (AvgIpc) is 2.05. The van der Waals surface area contributed by atoms with Gasteiger partial charge in [0, 0.05) is 0 Å². The van der Waals surface area contributed by atoms with Crippen molar-refractivity contribution in [2.45, 2.75) is 11.8 Å². The molecule has 0 radical (unpaired) electrons. The van der Waals surface area contributed by atoms with E-state index in [0.29, 0.717) is 0 Å². The van der Waals surface area contributed by atoms with Crippen LogP contribution < -0.4 is 4.91 Å². The summed E-state index contributed by atoms with van der Waals surface area (Å²) < 4.78 is 25.1. The molecule has 0 bridgehead atoms. The van der Waals surface area contributed by atoms with E-state index in [9.17, 15) is 8.42 Å². The van der Waals surface area contributed by atoms with Gasteiger partial charge < -0.3 is 0 Å². The van der Waals surface area contributed by atoms with Crippen LogP contribution in [0.1, 0.15) is 5.56 Å². The average molecular weight is 198 g/mol. The number of aryl methyl sites for hydroxylation is 1. The van der Waals surface area contributed by atoms with Crippen molar-refractivity contribution in [1.29, 1.82) is 5.53 Å². The number of hydrogen-bond acceptors (Lipinski definition) is 3. The van der Waals surface area contributed by atoms with E-state index in [4.69, 9.17) is 5.53 Å². The lowest BCUT2D eigenvalue weighted by molar-refractivity contribution is 0.594. The van der Waals surface area contributed by atoms with Crippen LogP contribution in [0.2, 0.25) is 0 Å². The highest BCUT2D eigenvalue weighted by molar-refractivity contribution is 7.90. The number of hydrogen-bond donors (Lipinski definition) is 1. The number of nitrogens with one attached hydrogen (secondary N) is 1. The molecule has 68 valence electrons.